The van der Waals surface area contributed by atoms with E-state index in [0.717, 1.165) is 0 Å². The average Bonchev–Trinajstić information content (AvgIpc) is 3.72. The van der Waals surface area contributed by atoms with Crippen molar-refractivity contribution in [2.24, 2.45) is 11.7 Å². The molecular weight excluding hydrogens is 834 g/mol. The van der Waals surface area contributed by atoms with Gasteiger partial charge in [0.25, 0.3) is 0 Å². The minimum atomic E-state index is -1.76. The normalized spacial score (nSPS) is 14.2. The molecule has 0 spiro atoms. The molecule has 1 aromatic carbocycles. The Balaban J connectivity index is 2.06. The lowest BCUT2D eigenvalue weighted by atomic mass is 10.0. The molecule has 2 aromatic rings. The number of nitrogens with zero attached hydrogens (tertiary/aromatic N) is 1. The summed E-state index contributed by atoms with van der Waals surface area (Å²) in [6.45, 7) is 3.80. The number of H-pyrrole nitrogens is 1. The van der Waals surface area contributed by atoms with E-state index in [-0.39, 0.29) is 30.9 Å². The molecule has 1 aromatic heterocycles. The van der Waals surface area contributed by atoms with Gasteiger partial charge in [0.05, 0.1) is 44.5 Å². The second-order valence-corrected chi connectivity index (χ2v) is 14.8. The molecule has 25 heteroatoms. The van der Waals surface area contributed by atoms with E-state index in [1.807, 2.05) is 5.32 Å². The van der Waals surface area contributed by atoms with E-state index in [4.69, 9.17) is 15.9 Å². The number of hydrogen-bond donors (Lipinski definition) is 14. The number of aromatic amines is 1. The van der Waals surface area contributed by atoms with Gasteiger partial charge in [-0.2, -0.15) is 0 Å². The minimum Gasteiger partial charge on any atom is -0.508 e. The summed E-state index contributed by atoms with van der Waals surface area (Å²) in [4.78, 5) is 132. The average molecular weight is 890 g/mol. The van der Waals surface area contributed by atoms with E-state index < -0.39 is 128 Å². The molecule has 0 radical (unpaired) electrons. The zero-order chi connectivity index (χ0) is 47.4. The van der Waals surface area contributed by atoms with Crippen molar-refractivity contribution in [3.8, 4) is 5.75 Å². The summed E-state index contributed by atoms with van der Waals surface area (Å²) >= 11 is 0. The number of carbonyl (C=O) groups excluding carboxylic acids is 8. The Morgan fingerprint density at radius 3 is 1.71 bits per heavy atom. The van der Waals surface area contributed by atoms with Crippen molar-refractivity contribution < 1.29 is 68.4 Å². The van der Waals surface area contributed by atoms with Crippen LogP contribution in [-0.4, -0.2) is 152 Å². The lowest BCUT2D eigenvalue weighted by Gasteiger charge is -2.25. The molecule has 7 atom stereocenters. The van der Waals surface area contributed by atoms with Gasteiger partial charge in [-0.1, -0.05) is 26.0 Å². The number of phenolic OH excluding ortho intramolecular Hbond substituents is 1. The molecule has 0 fully saturated rings. The van der Waals surface area contributed by atoms with Crippen LogP contribution in [0.15, 0.2) is 36.8 Å². The summed E-state index contributed by atoms with van der Waals surface area (Å²) in [6, 6.07) is -2.74. The van der Waals surface area contributed by atoms with Gasteiger partial charge in [0.1, 0.15) is 36.0 Å². The summed E-state index contributed by atoms with van der Waals surface area (Å²) in [7, 11) is 0. The molecule has 0 saturated heterocycles. The predicted octanol–water partition coefficient (Wildman–Crippen LogP) is -4.99. The van der Waals surface area contributed by atoms with Crippen molar-refractivity contribution in [2.45, 2.75) is 95.7 Å². The largest absolute Gasteiger partial charge is 0.508 e. The second-order valence-electron chi connectivity index (χ2n) is 14.8. The number of aliphatic hydroxyl groups excluding tert-OH is 1. The Morgan fingerprint density at radius 2 is 1.21 bits per heavy atom. The third-order valence-electron chi connectivity index (χ3n) is 8.81. The number of carbonyl (C=O) groups is 10. The van der Waals surface area contributed by atoms with Gasteiger partial charge < -0.3 is 73.7 Å². The number of imidazole rings is 1. The van der Waals surface area contributed by atoms with Crippen molar-refractivity contribution in [3.63, 3.8) is 0 Å². The van der Waals surface area contributed by atoms with Crippen molar-refractivity contribution in [1.82, 2.24) is 52.5 Å². The number of benzene rings is 1. The van der Waals surface area contributed by atoms with E-state index in [9.17, 15) is 58.2 Å². The highest BCUT2D eigenvalue weighted by molar-refractivity contribution is 5.96. The fourth-order valence-electron chi connectivity index (χ4n) is 5.55. The molecule has 0 unspecified atom stereocenters. The van der Waals surface area contributed by atoms with Crippen LogP contribution >= 0.6 is 0 Å². The van der Waals surface area contributed by atoms with Gasteiger partial charge >= 0.3 is 11.9 Å². The van der Waals surface area contributed by atoms with E-state index in [2.05, 4.69) is 47.2 Å². The van der Waals surface area contributed by atoms with Crippen LogP contribution in [0.1, 0.15) is 51.8 Å². The molecule has 346 valence electrons. The minimum absolute atomic E-state index is 0.0527. The highest BCUT2D eigenvalue weighted by Crippen LogP contribution is 2.12. The number of aliphatic carboxylic acids is 2. The van der Waals surface area contributed by atoms with Crippen molar-refractivity contribution in [3.05, 3.63) is 48.0 Å². The summed E-state index contributed by atoms with van der Waals surface area (Å²) < 4.78 is 0. The van der Waals surface area contributed by atoms with Gasteiger partial charge in [-0.25, -0.2) is 9.78 Å². The number of rotatable bonds is 26. The number of aromatic nitrogens is 2. The molecule has 2 rings (SSSR count). The van der Waals surface area contributed by atoms with E-state index in [1.165, 1.54) is 50.6 Å². The Kier molecular flexibility index (Phi) is 21.1. The quantitative estimate of drug-likeness (QED) is 0.0421. The standard InChI is InChI=1S/C38H55N11O14/c1-18(2)9-25(35(59)42-15-29(53)47-27(38(62)63)12-31(55)56)46-28(52)14-43-36(60)26(10-21-5-7-23(51)8-6-21)48-37(61)32(20(4)50)49-30(54)16-41-33(57)19(3)45-34(58)24(39)11-22-13-40-17-44-22/h5-8,13,17-20,24-27,32,50-51H,9-12,14-16,39H2,1-4H3,(H,40,44)(H,41,57)(H,42,59)(H,43,60)(H,45,58)(H,46,52)(H,47,53)(H,48,61)(H,49,54)(H,55,56)(H,62,63)/t19-,20+,24-,25-,26-,27-,32-/m0/s1. The van der Waals surface area contributed by atoms with Crippen LogP contribution in [0.5, 0.6) is 5.75 Å². The lowest BCUT2D eigenvalue weighted by Crippen LogP contribution is -2.59. The van der Waals surface area contributed by atoms with Crippen LogP contribution in [0.25, 0.3) is 0 Å². The van der Waals surface area contributed by atoms with Crippen LogP contribution in [0.3, 0.4) is 0 Å². The van der Waals surface area contributed by atoms with Crippen LogP contribution < -0.4 is 48.3 Å². The first-order chi connectivity index (χ1) is 29.6. The summed E-state index contributed by atoms with van der Waals surface area (Å²) in [5.41, 5.74) is 6.91. The number of nitrogens with one attached hydrogen (secondary N) is 9. The van der Waals surface area contributed by atoms with E-state index in [0.29, 0.717) is 11.3 Å². The molecule has 15 N–H and O–H groups in total. The lowest BCUT2D eigenvalue weighted by molar-refractivity contribution is -0.147. The third-order valence-corrected chi connectivity index (χ3v) is 8.81. The molecule has 0 aliphatic carbocycles. The zero-order valence-electron chi connectivity index (χ0n) is 34.9. The van der Waals surface area contributed by atoms with Crippen LogP contribution in [0, 0.1) is 5.92 Å². The van der Waals surface area contributed by atoms with Crippen molar-refractivity contribution >= 4 is 59.2 Å². The maximum Gasteiger partial charge on any atom is 0.326 e. The fraction of sp³-hybridized carbons (Fsp3) is 0.500. The maximum atomic E-state index is 13.5. The number of nitrogens with two attached hydrogens (primary N) is 1. The number of amides is 8. The fourth-order valence-corrected chi connectivity index (χ4v) is 5.55. The first-order valence-electron chi connectivity index (χ1n) is 19.5. The molecule has 0 bridgehead atoms. The summed E-state index contributed by atoms with van der Waals surface area (Å²) in [5.74, 6) is -10.4. The topological polar surface area (TPSA) is 403 Å². The Morgan fingerprint density at radius 1 is 0.667 bits per heavy atom. The summed E-state index contributed by atoms with van der Waals surface area (Å²) in [6.07, 6.45) is 0.388. The Labute approximate surface area is 360 Å². The van der Waals surface area contributed by atoms with Gasteiger partial charge in [0.2, 0.25) is 47.3 Å². The Hall–Kier alpha value is -7.15. The number of aromatic hydroxyl groups is 1. The van der Waals surface area contributed by atoms with Gasteiger partial charge in [-0.3, -0.25) is 43.2 Å². The first kappa shape index (κ1) is 52.0. The maximum absolute atomic E-state index is 13.5. The van der Waals surface area contributed by atoms with Gasteiger partial charge in [0.15, 0.2) is 0 Å². The van der Waals surface area contributed by atoms with Gasteiger partial charge in [-0.15, -0.1) is 0 Å². The third kappa shape index (κ3) is 19.4. The number of carboxylic acids is 2. The molecule has 0 aliphatic rings. The van der Waals surface area contributed by atoms with E-state index >= 15 is 0 Å². The molecular formula is C38H55N11O14. The summed E-state index contributed by atoms with van der Waals surface area (Å²) in [5, 5.41) is 56.6. The van der Waals surface area contributed by atoms with E-state index in [1.54, 1.807) is 13.8 Å². The Bertz CT molecular complexity index is 1930. The molecule has 1 heterocycles. The van der Waals surface area contributed by atoms with Crippen LogP contribution in [-0.2, 0) is 60.8 Å². The number of phenols is 1. The smallest absolute Gasteiger partial charge is 0.326 e. The SMILES string of the molecule is CC(C)C[C@H](NC(=O)CNC(=O)[C@H](Cc1ccc(O)cc1)NC(=O)[C@@H](NC(=O)CNC(=O)[C@H](C)NC(=O)[C@@H](N)Cc1cnc[nH]1)[C@@H](C)O)C(=O)NCC(=O)N[C@@H](CC(=O)O)C(=O)O. The highest BCUT2D eigenvalue weighted by Gasteiger charge is 2.31. The first-order valence-corrected chi connectivity index (χ1v) is 19.5. The monoisotopic (exact) mass is 889 g/mol. The van der Waals surface area contributed by atoms with Gasteiger partial charge in [-0.05, 0) is 43.9 Å². The molecule has 8 amide bonds. The second kappa shape index (κ2) is 25.6. The zero-order valence-corrected chi connectivity index (χ0v) is 34.9. The number of hydrogen-bond acceptors (Lipinski definition) is 14. The molecule has 63 heavy (non-hydrogen) atoms. The molecule has 25 nitrogen and oxygen atoms in total. The molecule has 0 saturated carbocycles. The van der Waals surface area contributed by atoms with Crippen LogP contribution in [0.4, 0.5) is 0 Å². The molecule has 0 aliphatic heterocycles. The van der Waals surface area contributed by atoms with Gasteiger partial charge in [0, 0.05) is 24.7 Å². The number of aliphatic hydroxyl groups is 1. The number of carboxylic acid groups (broad SMARTS) is 2. The highest BCUT2D eigenvalue weighted by atomic mass is 16.4. The van der Waals surface area contributed by atoms with Crippen molar-refractivity contribution in [2.75, 3.05) is 19.6 Å². The van der Waals surface area contributed by atoms with Crippen molar-refractivity contribution in [1.29, 1.82) is 0 Å². The predicted molar refractivity (Wildman–Crippen MR) is 217 cm³/mol. The van der Waals surface area contributed by atoms with Crippen LogP contribution in [0.2, 0.25) is 0 Å².